The molecule has 1 fully saturated rings. The van der Waals surface area contributed by atoms with Crippen LogP contribution in [0.2, 0.25) is 0 Å². The molecule has 0 N–H and O–H groups in total. The van der Waals surface area contributed by atoms with E-state index in [1.54, 1.807) is 14.0 Å². The average molecular weight is 317 g/mol. The lowest BCUT2D eigenvalue weighted by Gasteiger charge is -2.20. The van der Waals surface area contributed by atoms with Crippen LogP contribution in [0, 0.1) is 0 Å². The topological polar surface area (TPSA) is 78.0 Å². The molecule has 1 aliphatic rings. The summed E-state index contributed by atoms with van der Waals surface area (Å²) in [6.45, 7) is 1.91. The molecule has 7 nitrogen and oxygen atoms in total. The molecule has 0 aromatic heterocycles. The van der Waals surface area contributed by atoms with Crippen LogP contribution in [0.5, 0.6) is 0 Å². The number of amides is 5. The second-order valence-electron chi connectivity index (χ2n) is 5.37. The van der Waals surface area contributed by atoms with E-state index >= 15 is 0 Å². The van der Waals surface area contributed by atoms with Crippen molar-refractivity contribution in [3.05, 3.63) is 35.9 Å². The molecule has 0 aliphatic carbocycles. The highest BCUT2D eigenvalue weighted by Gasteiger charge is 2.44. The van der Waals surface area contributed by atoms with Gasteiger partial charge < -0.3 is 4.90 Å². The van der Waals surface area contributed by atoms with Crippen molar-refractivity contribution >= 4 is 23.8 Å². The average Bonchev–Trinajstić information content (AvgIpc) is 2.74. The lowest BCUT2D eigenvalue weighted by molar-refractivity contribution is -0.144. The van der Waals surface area contributed by atoms with Crippen LogP contribution in [0.25, 0.3) is 0 Å². The van der Waals surface area contributed by atoms with Crippen molar-refractivity contribution in [3.8, 4) is 0 Å². The highest BCUT2D eigenvalue weighted by molar-refractivity contribution is 6.45. The van der Waals surface area contributed by atoms with Gasteiger partial charge in [0.2, 0.25) is 5.91 Å². The molecule has 5 amide bonds. The molecule has 1 aliphatic heterocycles. The molecule has 2 rings (SSSR count). The lowest BCUT2D eigenvalue weighted by Crippen LogP contribution is -2.42. The maximum atomic E-state index is 12.2. The second kappa shape index (κ2) is 7.04. The van der Waals surface area contributed by atoms with Crippen LogP contribution in [-0.4, -0.2) is 58.6 Å². The summed E-state index contributed by atoms with van der Waals surface area (Å²) in [5, 5.41) is 0. The van der Waals surface area contributed by atoms with Crippen molar-refractivity contribution in [1.82, 2.24) is 14.7 Å². The minimum absolute atomic E-state index is 0.175. The maximum Gasteiger partial charge on any atom is 0.334 e. The smallest absolute Gasteiger partial charge is 0.334 e. The van der Waals surface area contributed by atoms with Crippen LogP contribution in [-0.2, 0) is 20.9 Å². The lowest BCUT2D eigenvalue weighted by atomic mass is 10.2. The summed E-state index contributed by atoms with van der Waals surface area (Å²) >= 11 is 0. The summed E-state index contributed by atoms with van der Waals surface area (Å²) in [6, 6.07) is 8.64. The molecule has 0 radical (unpaired) electrons. The Morgan fingerprint density at radius 1 is 1.04 bits per heavy atom. The minimum atomic E-state index is -0.940. The Morgan fingerprint density at radius 3 is 2.26 bits per heavy atom. The fourth-order valence-corrected chi connectivity index (χ4v) is 2.31. The SMILES string of the molecule is CCCN1C(=O)C(=O)N(CC(=O)N(C)Cc2ccccc2)C1=O. The number of hydrogen-bond donors (Lipinski definition) is 0. The molecule has 122 valence electrons. The van der Waals surface area contributed by atoms with Crippen molar-refractivity contribution in [3.63, 3.8) is 0 Å². The molecular weight excluding hydrogens is 298 g/mol. The Hall–Kier alpha value is -2.70. The first-order valence-electron chi connectivity index (χ1n) is 7.41. The molecule has 1 saturated heterocycles. The summed E-state index contributed by atoms with van der Waals surface area (Å²) in [6.07, 6.45) is 0.556. The maximum absolute atomic E-state index is 12.2. The van der Waals surface area contributed by atoms with Gasteiger partial charge in [-0.05, 0) is 12.0 Å². The first-order valence-corrected chi connectivity index (χ1v) is 7.41. The highest BCUT2D eigenvalue weighted by Crippen LogP contribution is 2.13. The van der Waals surface area contributed by atoms with Crippen molar-refractivity contribution in [1.29, 1.82) is 0 Å². The first-order chi connectivity index (χ1) is 11.0. The third kappa shape index (κ3) is 3.56. The highest BCUT2D eigenvalue weighted by atomic mass is 16.2. The van der Waals surface area contributed by atoms with Gasteiger partial charge in [-0.2, -0.15) is 0 Å². The number of imide groups is 2. The van der Waals surface area contributed by atoms with Gasteiger partial charge >= 0.3 is 17.8 Å². The standard InChI is InChI=1S/C16H19N3O4/c1-3-9-18-14(21)15(22)19(16(18)23)11-13(20)17(2)10-12-7-5-4-6-8-12/h4-8H,3,9-11H2,1-2H3. The Labute approximate surface area is 134 Å². The Morgan fingerprint density at radius 2 is 1.65 bits per heavy atom. The van der Waals surface area contributed by atoms with E-state index in [9.17, 15) is 19.2 Å². The van der Waals surface area contributed by atoms with Gasteiger partial charge in [0.15, 0.2) is 0 Å². The van der Waals surface area contributed by atoms with Crippen molar-refractivity contribution in [2.75, 3.05) is 20.1 Å². The Bertz CT molecular complexity index is 629. The van der Waals surface area contributed by atoms with Crippen LogP contribution in [0.3, 0.4) is 0 Å². The number of carbonyl (C=O) groups is 4. The van der Waals surface area contributed by atoms with Gasteiger partial charge in [-0.1, -0.05) is 37.3 Å². The number of rotatable bonds is 6. The number of benzene rings is 1. The Kier molecular flexibility index (Phi) is 5.10. The van der Waals surface area contributed by atoms with Crippen LogP contribution in [0.4, 0.5) is 4.79 Å². The monoisotopic (exact) mass is 317 g/mol. The van der Waals surface area contributed by atoms with Gasteiger partial charge in [-0.15, -0.1) is 0 Å². The zero-order valence-corrected chi connectivity index (χ0v) is 13.2. The van der Waals surface area contributed by atoms with E-state index in [1.165, 1.54) is 4.90 Å². The van der Waals surface area contributed by atoms with Crippen LogP contribution in [0.15, 0.2) is 30.3 Å². The molecule has 7 heteroatoms. The number of hydrogen-bond acceptors (Lipinski definition) is 4. The molecule has 1 aromatic carbocycles. The zero-order chi connectivity index (χ0) is 17.0. The quantitative estimate of drug-likeness (QED) is 0.575. The summed E-state index contributed by atoms with van der Waals surface area (Å²) in [4.78, 5) is 50.9. The molecule has 0 spiro atoms. The molecule has 1 aromatic rings. The van der Waals surface area contributed by atoms with E-state index in [-0.39, 0.29) is 6.54 Å². The van der Waals surface area contributed by atoms with E-state index in [2.05, 4.69) is 0 Å². The molecular formula is C16H19N3O4. The number of nitrogens with zero attached hydrogens (tertiary/aromatic N) is 3. The van der Waals surface area contributed by atoms with E-state index in [0.717, 1.165) is 10.5 Å². The fraction of sp³-hybridized carbons (Fsp3) is 0.375. The summed E-state index contributed by atoms with van der Waals surface area (Å²) in [5.74, 6) is -2.21. The predicted octanol–water partition coefficient (Wildman–Crippen LogP) is 0.846. The third-order valence-corrected chi connectivity index (χ3v) is 3.56. The van der Waals surface area contributed by atoms with E-state index in [0.29, 0.717) is 17.9 Å². The van der Waals surface area contributed by atoms with E-state index < -0.39 is 30.3 Å². The molecule has 0 unspecified atom stereocenters. The normalized spacial score (nSPS) is 14.6. The summed E-state index contributed by atoms with van der Waals surface area (Å²) < 4.78 is 0. The third-order valence-electron chi connectivity index (χ3n) is 3.56. The van der Waals surface area contributed by atoms with Gasteiger partial charge in [0.1, 0.15) is 6.54 Å². The molecule has 0 atom stereocenters. The number of urea groups is 1. The van der Waals surface area contributed by atoms with Crippen molar-refractivity contribution in [2.24, 2.45) is 0 Å². The summed E-state index contributed by atoms with van der Waals surface area (Å²) in [5.41, 5.74) is 0.936. The Balaban J connectivity index is 2.00. The largest absolute Gasteiger partial charge is 0.340 e. The summed E-state index contributed by atoms with van der Waals surface area (Å²) in [7, 11) is 1.59. The van der Waals surface area contributed by atoms with Gasteiger partial charge in [-0.25, -0.2) is 9.69 Å². The van der Waals surface area contributed by atoms with Gasteiger partial charge in [0, 0.05) is 20.1 Å². The molecule has 1 heterocycles. The first kappa shape index (κ1) is 16.7. The zero-order valence-electron chi connectivity index (χ0n) is 13.2. The van der Waals surface area contributed by atoms with Crippen LogP contribution in [0.1, 0.15) is 18.9 Å². The second-order valence-corrected chi connectivity index (χ2v) is 5.37. The number of likely N-dealkylation sites (N-methyl/N-ethyl adjacent to an activating group) is 1. The molecule has 23 heavy (non-hydrogen) atoms. The van der Waals surface area contributed by atoms with Crippen molar-refractivity contribution < 1.29 is 19.2 Å². The van der Waals surface area contributed by atoms with Crippen molar-refractivity contribution in [2.45, 2.75) is 19.9 Å². The minimum Gasteiger partial charge on any atom is -0.340 e. The molecule has 0 bridgehead atoms. The fourth-order valence-electron chi connectivity index (χ4n) is 2.31. The predicted molar refractivity (Wildman–Crippen MR) is 82.0 cm³/mol. The van der Waals surface area contributed by atoms with E-state index in [1.807, 2.05) is 30.3 Å². The van der Waals surface area contributed by atoms with Crippen LogP contribution >= 0.6 is 0 Å². The van der Waals surface area contributed by atoms with Gasteiger partial charge in [0.05, 0.1) is 0 Å². The van der Waals surface area contributed by atoms with Crippen LogP contribution < -0.4 is 0 Å². The van der Waals surface area contributed by atoms with Gasteiger partial charge in [-0.3, -0.25) is 19.3 Å². The molecule has 0 saturated carbocycles. The van der Waals surface area contributed by atoms with Gasteiger partial charge in [0.25, 0.3) is 0 Å². The number of carbonyl (C=O) groups excluding carboxylic acids is 4. The van der Waals surface area contributed by atoms with E-state index in [4.69, 9.17) is 0 Å².